The van der Waals surface area contributed by atoms with Gasteiger partial charge in [-0.05, 0) is 24.3 Å². The fraction of sp³-hybridized carbons (Fsp3) is 0.462. The first-order valence-corrected chi connectivity index (χ1v) is 8.44. The highest BCUT2D eigenvalue weighted by Gasteiger charge is 2.27. The van der Waals surface area contributed by atoms with Gasteiger partial charge in [-0.1, -0.05) is 0 Å². The zero-order chi connectivity index (χ0) is 16.2. The molecule has 0 aromatic heterocycles. The van der Waals surface area contributed by atoms with E-state index in [4.69, 9.17) is 5.21 Å². The number of anilines is 1. The topological polar surface area (TPSA) is 90.0 Å². The Morgan fingerprint density at radius 1 is 1.18 bits per heavy atom. The number of carbonyl (C=O) groups is 1. The lowest BCUT2D eigenvalue weighted by molar-refractivity contribution is -0.128. The standard InChI is InChI=1S/C13H18FN3O4S/c14-11-1-3-12(4-2-11)16-6-8-17(9-7-16)22(20,21)10-5-13(18)15-19/h1-4,19H,5-10H2,(H,15,18). The molecule has 0 bridgehead atoms. The Labute approximate surface area is 128 Å². The molecule has 22 heavy (non-hydrogen) atoms. The molecular formula is C13H18FN3O4S. The van der Waals surface area contributed by atoms with Crippen molar-refractivity contribution in [2.24, 2.45) is 0 Å². The van der Waals surface area contributed by atoms with Gasteiger partial charge in [-0.2, -0.15) is 4.31 Å². The number of sulfonamides is 1. The molecule has 1 aliphatic rings. The SMILES string of the molecule is O=C(CCS(=O)(=O)N1CCN(c2ccc(F)cc2)CC1)NO. The highest BCUT2D eigenvalue weighted by atomic mass is 32.2. The molecule has 122 valence electrons. The summed E-state index contributed by atoms with van der Waals surface area (Å²) in [6.45, 7) is 1.61. The highest BCUT2D eigenvalue weighted by molar-refractivity contribution is 7.89. The minimum atomic E-state index is -3.53. The molecule has 7 nitrogen and oxygen atoms in total. The van der Waals surface area contributed by atoms with Crippen LogP contribution in [-0.4, -0.2) is 55.8 Å². The van der Waals surface area contributed by atoms with Gasteiger partial charge in [0.25, 0.3) is 0 Å². The van der Waals surface area contributed by atoms with Crippen LogP contribution >= 0.6 is 0 Å². The van der Waals surface area contributed by atoms with Crippen LogP contribution in [0.3, 0.4) is 0 Å². The molecular weight excluding hydrogens is 313 g/mol. The third-order valence-corrected chi connectivity index (χ3v) is 5.41. The Hall–Kier alpha value is -1.71. The van der Waals surface area contributed by atoms with E-state index in [2.05, 4.69) is 0 Å². The molecule has 9 heteroatoms. The molecule has 0 spiro atoms. The molecule has 1 saturated heterocycles. The number of hydroxylamine groups is 1. The second-order valence-electron chi connectivity index (χ2n) is 4.96. The summed E-state index contributed by atoms with van der Waals surface area (Å²) in [6, 6.07) is 6.05. The lowest BCUT2D eigenvalue weighted by Gasteiger charge is -2.35. The van der Waals surface area contributed by atoms with Gasteiger partial charge in [0.2, 0.25) is 15.9 Å². The first-order chi connectivity index (χ1) is 10.4. The predicted molar refractivity (Wildman–Crippen MR) is 78.5 cm³/mol. The summed E-state index contributed by atoms with van der Waals surface area (Å²) in [5.41, 5.74) is 2.26. The van der Waals surface area contributed by atoms with Crippen molar-refractivity contribution >= 4 is 21.6 Å². The number of hydrogen-bond acceptors (Lipinski definition) is 5. The van der Waals surface area contributed by atoms with Crippen molar-refractivity contribution < 1.29 is 22.8 Å². The number of nitrogens with one attached hydrogen (secondary N) is 1. The molecule has 1 aromatic rings. The first-order valence-electron chi connectivity index (χ1n) is 6.83. The van der Waals surface area contributed by atoms with Crippen LogP contribution in [0.4, 0.5) is 10.1 Å². The number of halogens is 1. The van der Waals surface area contributed by atoms with E-state index in [1.807, 2.05) is 4.90 Å². The van der Waals surface area contributed by atoms with E-state index in [1.54, 1.807) is 12.1 Å². The van der Waals surface area contributed by atoms with Gasteiger partial charge in [0.15, 0.2) is 0 Å². The molecule has 1 fully saturated rings. The van der Waals surface area contributed by atoms with E-state index in [-0.39, 0.29) is 18.0 Å². The molecule has 1 aromatic carbocycles. The average molecular weight is 331 g/mol. The average Bonchev–Trinajstić information content (AvgIpc) is 2.53. The van der Waals surface area contributed by atoms with Gasteiger partial charge in [0.05, 0.1) is 5.75 Å². The molecule has 0 atom stereocenters. The summed E-state index contributed by atoms with van der Waals surface area (Å²) in [4.78, 5) is 12.9. The smallest absolute Gasteiger partial charge is 0.244 e. The Balaban J connectivity index is 1.91. The van der Waals surface area contributed by atoms with Crippen LogP contribution in [-0.2, 0) is 14.8 Å². The normalized spacial score (nSPS) is 16.5. The molecule has 0 unspecified atom stereocenters. The molecule has 1 amide bonds. The third kappa shape index (κ3) is 4.15. The number of amides is 1. The van der Waals surface area contributed by atoms with Crippen LogP contribution < -0.4 is 10.4 Å². The van der Waals surface area contributed by atoms with E-state index in [0.29, 0.717) is 26.2 Å². The predicted octanol–water partition coefficient (Wildman–Crippen LogP) is 0.173. The largest absolute Gasteiger partial charge is 0.369 e. The molecule has 0 aliphatic carbocycles. The second-order valence-corrected chi connectivity index (χ2v) is 7.05. The van der Waals surface area contributed by atoms with Crippen molar-refractivity contribution in [3.63, 3.8) is 0 Å². The molecule has 2 rings (SSSR count). The molecule has 2 N–H and O–H groups in total. The van der Waals surface area contributed by atoms with Crippen molar-refractivity contribution in [3.8, 4) is 0 Å². The quantitative estimate of drug-likeness (QED) is 0.593. The Bertz CT molecular complexity index is 613. The molecule has 1 aliphatic heterocycles. The molecule has 0 saturated carbocycles. The summed E-state index contributed by atoms with van der Waals surface area (Å²) >= 11 is 0. The van der Waals surface area contributed by atoms with Crippen molar-refractivity contribution in [3.05, 3.63) is 30.1 Å². The summed E-state index contributed by atoms with van der Waals surface area (Å²) in [5.74, 6) is -1.38. The molecule has 0 radical (unpaired) electrons. The maximum Gasteiger partial charge on any atom is 0.244 e. The van der Waals surface area contributed by atoms with Gasteiger partial charge in [0, 0.05) is 38.3 Å². The first kappa shape index (κ1) is 16.7. The van der Waals surface area contributed by atoms with Gasteiger partial charge in [0.1, 0.15) is 5.82 Å². The van der Waals surface area contributed by atoms with E-state index in [9.17, 15) is 17.6 Å². The van der Waals surface area contributed by atoms with Crippen LogP contribution in [0, 0.1) is 5.82 Å². The van der Waals surface area contributed by atoms with Gasteiger partial charge >= 0.3 is 0 Å². The van der Waals surface area contributed by atoms with Crippen LogP contribution in [0.2, 0.25) is 0 Å². The summed E-state index contributed by atoms with van der Waals surface area (Å²) in [6.07, 6.45) is -0.281. The van der Waals surface area contributed by atoms with Crippen molar-refractivity contribution in [1.82, 2.24) is 9.79 Å². The van der Waals surface area contributed by atoms with E-state index >= 15 is 0 Å². The minimum Gasteiger partial charge on any atom is -0.369 e. The number of benzene rings is 1. The van der Waals surface area contributed by atoms with E-state index in [0.717, 1.165) is 5.69 Å². The Kier molecular flexibility index (Phi) is 5.33. The minimum absolute atomic E-state index is 0.281. The Morgan fingerprint density at radius 2 is 1.77 bits per heavy atom. The van der Waals surface area contributed by atoms with E-state index < -0.39 is 15.9 Å². The van der Waals surface area contributed by atoms with Crippen LogP contribution in [0.25, 0.3) is 0 Å². The zero-order valence-electron chi connectivity index (χ0n) is 11.9. The second kappa shape index (κ2) is 7.03. The summed E-state index contributed by atoms with van der Waals surface area (Å²) < 4.78 is 38.4. The van der Waals surface area contributed by atoms with Crippen molar-refractivity contribution in [2.45, 2.75) is 6.42 Å². The van der Waals surface area contributed by atoms with Crippen LogP contribution in [0.15, 0.2) is 24.3 Å². The number of rotatable bonds is 5. The summed E-state index contributed by atoms with van der Waals surface area (Å²) in [5, 5.41) is 8.38. The Morgan fingerprint density at radius 3 is 2.32 bits per heavy atom. The van der Waals surface area contributed by atoms with E-state index in [1.165, 1.54) is 21.9 Å². The lowest BCUT2D eigenvalue weighted by atomic mass is 10.2. The zero-order valence-corrected chi connectivity index (χ0v) is 12.7. The van der Waals surface area contributed by atoms with Gasteiger partial charge in [-0.25, -0.2) is 18.3 Å². The maximum absolute atomic E-state index is 12.9. The maximum atomic E-state index is 12.9. The highest BCUT2D eigenvalue weighted by Crippen LogP contribution is 2.18. The van der Waals surface area contributed by atoms with Gasteiger partial charge in [-0.3, -0.25) is 10.0 Å². The lowest BCUT2D eigenvalue weighted by Crippen LogP contribution is -2.49. The van der Waals surface area contributed by atoms with Gasteiger partial charge in [-0.15, -0.1) is 0 Å². The number of nitrogens with zero attached hydrogens (tertiary/aromatic N) is 2. The number of hydrogen-bond donors (Lipinski definition) is 2. The fourth-order valence-corrected chi connectivity index (χ4v) is 3.70. The third-order valence-electron chi connectivity index (χ3n) is 3.54. The fourth-order valence-electron chi connectivity index (χ4n) is 2.28. The van der Waals surface area contributed by atoms with Crippen LogP contribution in [0.5, 0.6) is 0 Å². The summed E-state index contributed by atoms with van der Waals surface area (Å²) in [7, 11) is -3.53. The number of carbonyl (C=O) groups excluding carboxylic acids is 1. The monoisotopic (exact) mass is 331 g/mol. The van der Waals surface area contributed by atoms with Crippen LogP contribution in [0.1, 0.15) is 6.42 Å². The number of piperazine rings is 1. The van der Waals surface area contributed by atoms with Crippen molar-refractivity contribution in [2.75, 3.05) is 36.8 Å². The van der Waals surface area contributed by atoms with Crippen molar-refractivity contribution in [1.29, 1.82) is 0 Å². The molecule has 1 heterocycles. The van der Waals surface area contributed by atoms with Gasteiger partial charge < -0.3 is 4.90 Å².